The highest BCUT2D eigenvalue weighted by molar-refractivity contribution is 6.24. The van der Waals surface area contributed by atoms with Crippen LogP contribution in [0.2, 0.25) is 0 Å². The average Bonchev–Trinajstić information content (AvgIpc) is 4.02. The van der Waals surface area contributed by atoms with Crippen LogP contribution >= 0.6 is 0 Å². The lowest BCUT2D eigenvalue weighted by Crippen LogP contribution is -2.60. The monoisotopic (exact) mass is 918 g/mol. The van der Waals surface area contributed by atoms with E-state index in [1.54, 1.807) is 24.0 Å². The van der Waals surface area contributed by atoms with Gasteiger partial charge in [-0.25, -0.2) is 9.59 Å². The molecule has 6 aliphatic heterocycles. The first kappa shape index (κ1) is 45.5. The number of ether oxygens (including phenoxy) is 1. The van der Waals surface area contributed by atoms with Crippen molar-refractivity contribution >= 4 is 64.7 Å². The van der Waals surface area contributed by atoms with Crippen LogP contribution in [0.1, 0.15) is 101 Å². The number of methoxy groups -OCH3 is 1. The van der Waals surface area contributed by atoms with Crippen molar-refractivity contribution in [3.8, 4) is 0 Å². The van der Waals surface area contributed by atoms with Crippen LogP contribution in [0.5, 0.6) is 0 Å². The number of nitrogens with two attached hydrogens (primary N) is 1. The zero-order chi connectivity index (χ0) is 47.1. The number of primary amides is 1. The average molecular weight is 919 g/mol. The van der Waals surface area contributed by atoms with Crippen LogP contribution in [0.3, 0.4) is 0 Å². The number of hydrogen-bond donors (Lipinski definition) is 2. The molecule has 354 valence electrons. The minimum absolute atomic E-state index is 0.00629. The molecule has 3 unspecified atom stereocenters. The Labute approximate surface area is 388 Å². The molecule has 4 atom stereocenters. The van der Waals surface area contributed by atoms with Gasteiger partial charge in [0.15, 0.2) is 11.5 Å². The summed E-state index contributed by atoms with van der Waals surface area (Å²) >= 11 is 0. The summed E-state index contributed by atoms with van der Waals surface area (Å²) in [7, 11) is 3.00. The van der Waals surface area contributed by atoms with E-state index < -0.39 is 47.6 Å². The van der Waals surface area contributed by atoms with Crippen molar-refractivity contribution in [2.45, 2.75) is 82.3 Å². The quantitative estimate of drug-likeness (QED) is 0.186. The van der Waals surface area contributed by atoms with Crippen LogP contribution in [0, 0.1) is 5.92 Å². The first-order chi connectivity index (χ1) is 32.3. The smallest absolute Gasteiger partial charge is 0.329 e. The van der Waals surface area contributed by atoms with Gasteiger partial charge < -0.3 is 40.3 Å². The molecule has 7 heterocycles. The molecule has 3 aromatic rings. The van der Waals surface area contributed by atoms with Gasteiger partial charge in [0.25, 0.3) is 23.6 Å². The standard InChI is InChI=1S/C47H58N12O8/c1-4-36(45(65)67-3)58-38(60)14-13-37(44(58)64)59-42(62)34-12-11-32(24-35(34)43(59)63)55-21-15-28(26-55)25-54-19-16-30(17-20-54)29-7-9-31(10-8-29)49-41-39(40(48)61)51-52-46(50-41)56-18-5-6-33(27-56)57-23-22-53(2)47(57)66/h7-12,24,28,30,33,36-37H,4-6,13-23,25-27H2,1-3H3,(H2,48,61)(H,49,50,52)/t28?,33-,36?,37?/m1/s1. The van der Waals surface area contributed by atoms with Crippen molar-refractivity contribution in [3.05, 3.63) is 64.8 Å². The van der Waals surface area contributed by atoms with Crippen LogP contribution in [0.25, 0.3) is 0 Å². The van der Waals surface area contributed by atoms with Gasteiger partial charge in [-0.05, 0) is 106 Å². The Kier molecular flexibility index (Phi) is 12.8. The molecule has 0 aliphatic carbocycles. The van der Waals surface area contributed by atoms with E-state index in [1.807, 2.05) is 35.0 Å². The largest absolute Gasteiger partial charge is 0.467 e. The van der Waals surface area contributed by atoms with Crippen molar-refractivity contribution in [3.63, 3.8) is 0 Å². The predicted octanol–water partition coefficient (Wildman–Crippen LogP) is 2.82. The number of esters is 1. The molecule has 7 amide bonds. The van der Waals surface area contributed by atoms with Gasteiger partial charge in [0.2, 0.25) is 11.9 Å². The zero-order valence-corrected chi connectivity index (χ0v) is 38.3. The maximum Gasteiger partial charge on any atom is 0.329 e. The number of amides is 7. The molecule has 5 fully saturated rings. The normalized spacial score (nSPS) is 23.4. The first-order valence-electron chi connectivity index (χ1n) is 23.4. The van der Waals surface area contributed by atoms with E-state index in [0.717, 1.165) is 86.0 Å². The molecule has 20 heteroatoms. The fraction of sp³-hybridized carbons (Fsp3) is 0.532. The lowest BCUT2D eigenvalue weighted by molar-refractivity contribution is -0.164. The molecule has 9 rings (SSSR count). The molecule has 0 spiro atoms. The maximum absolute atomic E-state index is 13.8. The van der Waals surface area contributed by atoms with Crippen molar-refractivity contribution in [1.29, 1.82) is 0 Å². The number of anilines is 4. The summed E-state index contributed by atoms with van der Waals surface area (Å²) in [6.07, 6.45) is 4.83. The summed E-state index contributed by atoms with van der Waals surface area (Å²) in [5.41, 5.74) is 8.91. The SMILES string of the molecule is CCC(C(=O)OC)N1C(=O)CCC(N2C(=O)c3ccc(N4CCC(CN5CCC(c6ccc(Nc7nc(N8CCC[C@@H](N9CCN(C)C9=O)C8)nnc7C(N)=O)cc6)CC5)C4)cc3C2=O)C1=O. The summed E-state index contributed by atoms with van der Waals surface area (Å²) < 4.78 is 4.83. The highest BCUT2D eigenvalue weighted by Gasteiger charge is 2.50. The number of nitrogens with zero attached hydrogens (tertiary/aromatic N) is 10. The zero-order valence-electron chi connectivity index (χ0n) is 38.3. The van der Waals surface area contributed by atoms with Gasteiger partial charge in [-0.2, -0.15) is 4.98 Å². The molecule has 20 nitrogen and oxygen atoms in total. The minimum Gasteiger partial charge on any atom is -0.467 e. The molecular weight excluding hydrogens is 861 g/mol. The molecule has 6 aliphatic rings. The van der Waals surface area contributed by atoms with E-state index in [2.05, 4.69) is 37.4 Å². The van der Waals surface area contributed by atoms with Crippen LogP contribution in [0.15, 0.2) is 42.5 Å². The van der Waals surface area contributed by atoms with Crippen molar-refractivity contribution < 1.29 is 38.3 Å². The highest BCUT2D eigenvalue weighted by Crippen LogP contribution is 2.36. The number of fused-ring (bicyclic) bond motifs is 1. The topological polar surface area (TPSA) is 228 Å². The number of imide groups is 2. The number of benzene rings is 2. The number of nitrogens with one attached hydrogen (secondary N) is 1. The number of piperidine rings is 3. The van der Waals surface area contributed by atoms with Gasteiger partial charge in [-0.1, -0.05) is 19.1 Å². The lowest BCUT2D eigenvalue weighted by atomic mass is 9.89. The summed E-state index contributed by atoms with van der Waals surface area (Å²) in [5, 5.41) is 11.7. The summed E-state index contributed by atoms with van der Waals surface area (Å²) in [6, 6.07) is 11.2. The Hall–Kier alpha value is -6.70. The third-order valence-electron chi connectivity index (χ3n) is 14.5. The van der Waals surface area contributed by atoms with E-state index in [1.165, 1.54) is 12.7 Å². The second kappa shape index (κ2) is 18.9. The van der Waals surface area contributed by atoms with Crippen molar-refractivity contribution in [2.24, 2.45) is 11.7 Å². The number of aromatic nitrogens is 3. The van der Waals surface area contributed by atoms with Gasteiger partial charge in [-0.15, -0.1) is 10.2 Å². The molecule has 1 aromatic heterocycles. The number of carbonyl (C=O) groups is 7. The molecular formula is C47H58N12O8. The van der Waals surface area contributed by atoms with Gasteiger partial charge in [-0.3, -0.25) is 33.8 Å². The number of rotatable bonds is 13. The van der Waals surface area contributed by atoms with E-state index in [4.69, 9.17) is 15.5 Å². The summed E-state index contributed by atoms with van der Waals surface area (Å²) in [5.74, 6) is -2.47. The molecule has 0 saturated carbocycles. The highest BCUT2D eigenvalue weighted by atomic mass is 16.5. The van der Waals surface area contributed by atoms with E-state index in [0.29, 0.717) is 44.0 Å². The van der Waals surface area contributed by atoms with E-state index in [-0.39, 0.29) is 54.0 Å². The second-order valence-corrected chi connectivity index (χ2v) is 18.5. The van der Waals surface area contributed by atoms with Crippen LogP contribution in [-0.2, 0) is 19.1 Å². The maximum atomic E-state index is 13.8. The fourth-order valence-electron chi connectivity index (χ4n) is 10.8. The molecule has 0 radical (unpaired) electrons. The van der Waals surface area contributed by atoms with Gasteiger partial charge in [0.1, 0.15) is 12.1 Å². The van der Waals surface area contributed by atoms with Crippen LogP contribution in [0.4, 0.5) is 27.9 Å². The van der Waals surface area contributed by atoms with Crippen LogP contribution < -0.4 is 20.9 Å². The number of urea groups is 1. The molecule has 3 N–H and O–H groups in total. The molecule has 2 aromatic carbocycles. The Bertz CT molecular complexity index is 2460. The summed E-state index contributed by atoms with van der Waals surface area (Å²) in [6.45, 7) is 8.83. The Morgan fingerprint density at radius 2 is 1.61 bits per heavy atom. The van der Waals surface area contributed by atoms with Crippen molar-refractivity contribution in [2.75, 3.05) is 88.2 Å². The van der Waals surface area contributed by atoms with Gasteiger partial charge >= 0.3 is 12.0 Å². The molecule has 0 bridgehead atoms. The first-order valence-corrected chi connectivity index (χ1v) is 23.4. The van der Waals surface area contributed by atoms with Crippen LogP contribution in [-0.4, -0.2) is 172 Å². The lowest BCUT2D eigenvalue weighted by Gasteiger charge is -2.37. The number of hydrogen-bond acceptors (Lipinski definition) is 15. The molecule has 67 heavy (non-hydrogen) atoms. The fourth-order valence-corrected chi connectivity index (χ4v) is 10.8. The second-order valence-electron chi connectivity index (χ2n) is 18.5. The molecule has 5 saturated heterocycles. The summed E-state index contributed by atoms with van der Waals surface area (Å²) in [4.78, 5) is 108. The number of carbonyl (C=O) groups excluding carboxylic acids is 7. The number of likely N-dealkylation sites (N-methyl/N-ethyl adjacent to an activating group) is 1. The third kappa shape index (κ3) is 8.85. The number of likely N-dealkylation sites (tertiary alicyclic amines) is 2. The van der Waals surface area contributed by atoms with Gasteiger partial charge in [0, 0.05) is 70.7 Å². The Morgan fingerprint density at radius 1 is 0.851 bits per heavy atom. The van der Waals surface area contributed by atoms with E-state index >= 15 is 0 Å². The third-order valence-corrected chi connectivity index (χ3v) is 14.5. The Morgan fingerprint density at radius 3 is 2.31 bits per heavy atom. The van der Waals surface area contributed by atoms with Crippen molar-refractivity contribution in [1.82, 2.24) is 39.7 Å². The Balaban J connectivity index is 0.771. The predicted molar refractivity (Wildman–Crippen MR) is 245 cm³/mol. The van der Waals surface area contributed by atoms with Gasteiger partial charge in [0.05, 0.1) is 24.3 Å². The minimum atomic E-state index is -1.19. The van der Waals surface area contributed by atoms with E-state index in [9.17, 15) is 33.6 Å².